The molecule has 2 N–H and O–H groups in total. The molecule has 3 aromatic rings. The van der Waals surface area contributed by atoms with Crippen LogP contribution in [0.25, 0.3) is 10.9 Å². The number of methoxy groups -OCH3 is 2. The normalized spacial score (nSPS) is 10.5. The molecule has 1 amide bonds. The molecule has 1 aromatic heterocycles. The molecule has 3 rings (SSSR count). The summed E-state index contributed by atoms with van der Waals surface area (Å²) in [5.74, 6) is 1.42. The lowest BCUT2D eigenvalue weighted by molar-refractivity contribution is 0.0947. The number of nitrogens with one attached hydrogen (secondary N) is 2. The van der Waals surface area contributed by atoms with E-state index in [0.717, 1.165) is 28.0 Å². The van der Waals surface area contributed by atoms with Crippen molar-refractivity contribution >= 4 is 16.8 Å². The maximum absolute atomic E-state index is 12.3. The third-order valence-corrected chi connectivity index (χ3v) is 3.68. The molecular weight excluding hydrogens is 292 g/mol. The molecule has 0 aliphatic rings. The van der Waals surface area contributed by atoms with Crippen LogP contribution >= 0.6 is 0 Å². The summed E-state index contributed by atoms with van der Waals surface area (Å²) < 4.78 is 10.3. The van der Waals surface area contributed by atoms with E-state index >= 15 is 0 Å². The van der Waals surface area contributed by atoms with Gasteiger partial charge in [-0.1, -0.05) is 12.1 Å². The monoisotopic (exact) mass is 310 g/mol. The van der Waals surface area contributed by atoms with E-state index in [-0.39, 0.29) is 5.91 Å². The van der Waals surface area contributed by atoms with Gasteiger partial charge in [0.25, 0.3) is 5.91 Å². The second-order valence-corrected chi connectivity index (χ2v) is 5.17. The summed E-state index contributed by atoms with van der Waals surface area (Å²) >= 11 is 0. The van der Waals surface area contributed by atoms with Crippen molar-refractivity contribution in [2.45, 2.75) is 6.54 Å². The van der Waals surface area contributed by atoms with E-state index < -0.39 is 0 Å². The van der Waals surface area contributed by atoms with Gasteiger partial charge in [-0.2, -0.15) is 0 Å². The highest BCUT2D eigenvalue weighted by Gasteiger charge is 2.09. The smallest absolute Gasteiger partial charge is 0.267 e. The molecule has 5 heteroatoms. The van der Waals surface area contributed by atoms with Gasteiger partial charge in [0.1, 0.15) is 17.2 Å². The topological polar surface area (TPSA) is 63.4 Å². The molecule has 0 fully saturated rings. The van der Waals surface area contributed by atoms with E-state index in [1.54, 1.807) is 14.2 Å². The zero-order valence-electron chi connectivity index (χ0n) is 13.1. The summed E-state index contributed by atoms with van der Waals surface area (Å²) in [6, 6.07) is 15.1. The molecule has 0 unspecified atom stereocenters. The summed E-state index contributed by atoms with van der Waals surface area (Å²) in [5.41, 5.74) is 2.44. The Morgan fingerprint density at radius 1 is 1.00 bits per heavy atom. The van der Waals surface area contributed by atoms with Gasteiger partial charge in [0.2, 0.25) is 0 Å². The predicted octanol–water partition coefficient (Wildman–Crippen LogP) is 3.12. The average Bonchev–Trinajstić information content (AvgIpc) is 3.03. The number of amides is 1. The van der Waals surface area contributed by atoms with E-state index in [2.05, 4.69) is 10.3 Å². The van der Waals surface area contributed by atoms with E-state index in [9.17, 15) is 4.79 Å². The van der Waals surface area contributed by atoms with Gasteiger partial charge in [0, 0.05) is 17.4 Å². The van der Waals surface area contributed by atoms with E-state index in [1.165, 1.54) is 0 Å². The van der Waals surface area contributed by atoms with Crippen molar-refractivity contribution in [2.24, 2.45) is 0 Å². The lowest BCUT2D eigenvalue weighted by Gasteiger charge is -2.05. The average molecular weight is 310 g/mol. The second kappa shape index (κ2) is 6.44. The summed E-state index contributed by atoms with van der Waals surface area (Å²) in [6.45, 7) is 0.460. The van der Waals surface area contributed by atoms with Crippen molar-refractivity contribution in [3.8, 4) is 11.5 Å². The molecule has 0 saturated carbocycles. The Bertz CT molecular complexity index is 822. The highest BCUT2D eigenvalue weighted by atomic mass is 16.5. The maximum Gasteiger partial charge on any atom is 0.267 e. The number of hydrogen-bond acceptors (Lipinski definition) is 3. The van der Waals surface area contributed by atoms with Crippen LogP contribution in [0.2, 0.25) is 0 Å². The molecule has 23 heavy (non-hydrogen) atoms. The van der Waals surface area contributed by atoms with Crippen molar-refractivity contribution in [1.82, 2.24) is 10.3 Å². The highest BCUT2D eigenvalue weighted by molar-refractivity contribution is 5.98. The molecule has 0 spiro atoms. The predicted molar refractivity (Wildman–Crippen MR) is 89.0 cm³/mol. The largest absolute Gasteiger partial charge is 0.497 e. The Balaban J connectivity index is 1.69. The molecule has 0 bridgehead atoms. The van der Waals surface area contributed by atoms with Crippen molar-refractivity contribution in [1.29, 1.82) is 0 Å². The van der Waals surface area contributed by atoms with E-state index in [4.69, 9.17) is 9.47 Å². The minimum atomic E-state index is -0.143. The fraction of sp³-hybridized carbons (Fsp3) is 0.167. The first kappa shape index (κ1) is 15.0. The first-order valence-electron chi connectivity index (χ1n) is 7.27. The Labute approximate surface area is 134 Å². The van der Waals surface area contributed by atoms with Crippen LogP contribution in [-0.2, 0) is 6.54 Å². The number of aromatic nitrogens is 1. The molecule has 0 aliphatic heterocycles. The molecule has 1 heterocycles. The summed E-state index contributed by atoms with van der Waals surface area (Å²) in [5, 5.41) is 3.84. The van der Waals surface area contributed by atoms with Gasteiger partial charge in [-0.05, 0) is 42.0 Å². The van der Waals surface area contributed by atoms with E-state index in [1.807, 2.05) is 48.5 Å². The zero-order chi connectivity index (χ0) is 16.2. The van der Waals surface area contributed by atoms with Crippen LogP contribution in [0.1, 0.15) is 16.1 Å². The number of rotatable bonds is 5. The molecule has 0 aliphatic carbocycles. The lowest BCUT2D eigenvalue weighted by atomic mass is 10.2. The zero-order valence-corrected chi connectivity index (χ0v) is 13.1. The summed E-state index contributed by atoms with van der Waals surface area (Å²) in [7, 11) is 3.25. The number of aromatic amines is 1. The van der Waals surface area contributed by atoms with Crippen molar-refractivity contribution in [3.05, 3.63) is 59.8 Å². The van der Waals surface area contributed by atoms with Crippen molar-refractivity contribution in [3.63, 3.8) is 0 Å². The lowest BCUT2D eigenvalue weighted by Crippen LogP contribution is -2.22. The van der Waals surface area contributed by atoms with Gasteiger partial charge in [0.05, 0.1) is 14.2 Å². The van der Waals surface area contributed by atoms with Crippen LogP contribution < -0.4 is 14.8 Å². The Hall–Kier alpha value is -2.95. The Morgan fingerprint density at radius 3 is 2.39 bits per heavy atom. The van der Waals surface area contributed by atoms with Crippen LogP contribution in [-0.4, -0.2) is 25.1 Å². The standard InChI is InChI=1S/C18H18N2O3/c1-22-14-5-3-12(4-6-14)11-19-18(21)17-10-13-9-15(23-2)7-8-16(13)20-17/h3-10,20H,11H2,1-2H3,(H,19,21). The number of carbonyl (C=O) groups excluding carboxylic acids is 1. The number of ether oxygens (including phenoxy) is 2. The highest BCUT2D eigenvalue weighted by Crippen LogP contribution is 2.21. The van der Waals surface area contributed by atoms with Gasteiger partial charge < -0.3 is 19.8 Å². The first-order valence-corrected chi connectivity index (χ1v) is 7.27. The van der Waals surface area contributed by atoms with Crippen molar-refractivity contribution in [2.75, 3.05) is 14.2 Å². The molecular formula is C18H18N2O3. The van der Waals surface area contributed by atoms with Crippen LogP contribution in [0, 0.1) is 0 Å². The van der Waals surface area contributed by atoms with Crippen LogP contribution in [0.15, 0.2) is 48.5 Å². The molecule has 0 saturated heterocycles. The minimum Gasteiger partial charge on any atom is -0.497 e. The molecule has 118 valence electrons. The third kappa shape index (κ3) is 3.29. The number of carbonyl (C=O) groups is 1. The SMILES string of the molecule is COc1ccc(CNC(=O)c2cc3cc(OC)ccc3[nH]2)cc1. The third-order valence-electron chi connectivity index (χ3n) is 3.68. The van der Waals surface area contributed by atoms with Crippen LogP contribution in [0.5, 0.6) is 11.5 Å². The second-order valence-electron chi connectivity index (χ2n) is 5.17. The fourth-order valence-electron chi connectivity index (χ4n) is 2.38. The summed E-state index contributed by atoms with van der Waals surface area (Å²) in [4.78, 5) is 15.4. The number of hydrogen-bond donors (Lipinski definition) is 2. The van der Waals surface area contributed by atoms with Crippen LogP contribution in [0.3, 0.4) is 0 Å². The first-order chi connectivity index (χ1) is 11.2. The Kier molecular flexibility index (Phi) is 4.19. The van der Waals surface area contributed by atoms with Gasteiger partial charge in [-0.25, -0.2) is 0 Å². The number of benzene rings is 2. The fourth-order valence-corrected chi connectivity index (χ4v) is 2.38. The minimum absolute atomic E-state index is 0.143. The van der Waals surface area contributed by atoms with Gasteiger partial charge in [0.15, 0.2) is 0 Å². The van der Waals surface area contributed by atoms with Gasteiger partial charge >= 0.3 is 0 Å². The van der Waals surface area contributed by atoms with E-state index in [0.29, 0.717) is 12.2 Å². The summed E-state index contributed by atoms with van der Waals surface area (Å²) in [6.07, 6.45) is 0. The number of H-pyrrole nitrogens is 1. The quantitative estimate of drug-likeness (QED) is 0.761. The van der Waals surface area contributed by atoms with Crippen LogP contribution in [0.4, 0.5) is 0 Å². The Morgan fingerprint density at radius 2 is 1.70 bits per heavy atom. The molecule has 0 radical (unpaired) electrons. The van der Waals surface area contributed by atoms with Gasteiger partial charge in [-0.3, -0.25) is 4.79 Å². The van der Waals surface area contributed by atoms with Gasteiger partial charge in [-0.15, -0.1) is 0 Å². The molecule has 5 nitrogen and oxygen atoms in total. The van der Waals surface area contributed by atoms with Crippen molar-refractivity contribution < 1.29 is 14.3 Å². The number of fused-ring (bicyclic) bond motifs is 1. The molecule has 0 atom stereocenters. The maximum atomic E-state index is 12.3. The molecule has 2 aromatic carbocycles.